The fourth-order valence-corrected chi connectivity index (χ4v) is 0.599. The van der Waals surface area contributed by atoms with Gasteiger partial charge in [0, 0.05) is 24.6 Å². The molecule has 1 nitrogen and oxygen atoms in total. The van der Waals surface area contributed by atoms with Crippen molar-refractivity contribution >= 4 is 37.7 Å². The minimum absolute atomic E-state index is 0. The van der Waals surface area contributed by atoms with E-state index in [4.69, 9.17) is 0 Å². The first kappa shape index (κ1) is 11.7. The van der Waals surface area contributed by atoms with Crippen molar-refractivity contribution < 1.29 is 0 Å². The van der Waals surface area contributed by atoms with Gasteiger partial charge in [-0.1, -0.05) is 0 Å². The Kier molecular flexibility index (Phi) is 15.9. The van der Waals surface area contributed by atoms with Crippen molar-refractivity contribution in [3.8, 4) is 0 Å². The fraction of sp³-hybridized carbons (Fsp3) is 1.00. The lowest BCUT2D eigenvalue weighted by atomic mass is 10.7. The van der Waals surface area contributed by atoms with Gasteiger partial charge in [-0.25, -0.2) is 0 Å². The molecule has 0 spiro atoms. The molecule has 0 aromatic heterocycles. The molecule has 0 aliphatic rings. The Morgan fingerprint density at radius 3 is 1.62 bits per heavy atom. The van der Waals surface area contributed by atoms with Crippen LogP contribution >= 0.6 is 37.7 Å². The van der Waals surface area contributed by atoms with E-state index in [1.54, 1.807) is 0 Å². The molecule has 0 bridgehead atoms. The van der Waals surface area contributed by atoms with Gasteiger partial charge in [-0.2, -0.15) is 25.3 Å². The van der Waals surface area contributed by atoms with Crippen molar-refractivity contribution in [3.05, 3.63) is 0 Å². The summed E-state index contributed by atoms with van der Waals surface area (Å²) in [5.74, 6) is 1.82. The maximum absolute atomic E-state index is 4.01. The van der Waals surface area contributed by atoms with E-state index in [-0.39, 0.29) is 12.4 Å². The van der Waals surface area contributed by atoms with Crippen molar-refractivity contribution in [1.29, 1.82) is 0 Å². The number of thiol groups is 2. The van der Waals surface area contributed by atoms with Gasteiger partial charge in [0.05, 0.1) is 0 Å². The maximum atomic E-state index is 4.01. The molecule has 0 aliphatic carbocycles. The molecule has 0 rings (SSSR count). The van der Waals surface area contributed by atoms with E-state index in [1.807, 2.05) is 0 Å². The number of nitrogens with one attached hydrogen (secondary N) is 1. The average Bonchev–Trinajstić information content (AvgIpc) is 1.69. The lowest BCUT2D eigenvalue weighted by molar-refractivity contribution is 0.776. The summed E-state index contributed by atoms with van der Waals surface area (Å²) in [6.45, 7) is 1.98. The van der Waals surface area contributed by atoms with Crippen LogP contribution in [0.4, 0.5) is 0 Å². The smallest absolute Gasteiger partial charge is 0.00400 e. The van der Waals surface area contributed by atoms with Gasteiger partial charge in [0.25, 0.3) is 0 Å². The lowest BCUT2D eigenvalue weighted by Gasteiger charge is -1.94. The third-order valence-corrected chi connectivity index (χ3v) is 1.02. The zero-order chi connectivity index (χ0) is 5.54. The van der Waals surface area contributed by atoms with Crippen molar-refractivity contribution in [2.45, 2.75) is 0 Å². The van der Waals surface area contributed by atoms with E-state index in [0.29, 0.717) is 0 Å². The van der Waals surface area contributed by atoms with Gasteiger partial charge in [-0.3, -0.25) is 0 Å². The summed E-state index contributed by atoms with van der Waals surface area (Å²) in [5.41, 5.74) is 0. The van der Waals surface area contributed by atoms with Crippen LogP contribution in [0.15, 0.2) is 0 Å². The topological polar surface area (TPSA) is 12.0 Å². The van der Waals surface area contributed by atoms with E-state index in [0.717, 1.165) is 24.6 Å². The molecule has 0 saturated heterocycles. The van der Waals surface area contributed by atoms with Crippen LogP contribution in [0, 0.1) is 0 Å². The Balaban J connectivity index is 0. The van der Waals surface area contributed by atoms with Crippen LogP contribution in [-0.2, 0) is 0 Å². The second kappa shape index (κ2) is 10.8. The van der Waals surface area contributed by atoms with Gasteiger partial charge in [-0.15, -0.1) is 12.4 Å². The van der Waals surface area contributed by atoms with Crippen LogP contribution in [0.2, 0.25) is 0 Å². The van der Waals surface area contributed by atoms with Crippen LogP contribution in [0.5, 0.6) is 0 Å². The Labute approximate surface area is 67.8 Å². The van der Waals surface area contributed by atoms with Crippen LogP contribution in [0.1, 0.15) is 0 Å². The minimum Gasteiger partial charge on any atom is -0.315 e. The Morgan fingerprint density at radius 2 is 1.38 bits per heavy atom. The summed E-state index contributed by atoms with van der Waals surface area (Å²) in [6.07, 6.45) is 0. The Morgan fingerprint density at radius 1 is 1.00 bits per heavy atom. The van der Waals surface area contributed by atoms with E-state index < -0.39 is 0 Å². The maximum Gasteiger partial charge on any atom is 0.00400 e. The second-order valence-electron chi connectivity index (χ2n) is 1.20. The lowest BCUT2D eigenvalue weighted by Crippen LogP contribution is -2.18. The van der Waals surface area contributed by atoms with Crippen LogP contribution < -0.4 is 5.32 Å². The molecule has 0 unspecified atom stereocenters. The summed E-state index contributed by atoms with van der Waals surface area (Å²) in [6, 6.07) is 0. The molecule has 52 valence electrons. The number of hydrogen-bond acceptors (Lipinski definition) is 3. The summed E-state index contributed by atoms with van der Waals surface area (Å²) in [7, 11) is 0. The summed E-state index contributed by atoms with van der Waals surface area (Å²) < 4.78 is 0. The molecule has 0 aromatic carbocycles. The van der Waals surface area contributed by atoms with Gasteiger partial charge >= 0.3 is 0 Å². The largest absolute Gasteiger partial charge is 0.315 e. The Bertz CT molecular complexity index is 33.2. The highest BCUT2D eigenvalue weighted by Gasteiger charge is 1.77. The highest BCUT2D eigenvalue weighted by atomic mass is 35.5. The number of rotatable bonds is 4. The van der Waals surface area contributed by atoms with Crippen molar-refractivity contribution in [3.63, 3.8) is 0 Å². The summed E-state index contributed by atoms with van der Waals surface area (Å²) >= 11 is 8.01. The van der Waals surface area contributed by atoms with E-state index in [2.05, 4.69) is 30.6 Å². The van der Waals surface area contributed by atoms with Crippen LogP contribution in [0.25, 0.3) is 0 Å². The number of hydrogen-bond donors (Lipinski definition) is 3. The average molecular weight is 174 g/mol. The molecule has 0 atom stereocenters. The van der Waals surface area contributed by atoms with Crippen LogP contribution in [0.3, 0.4) is 0 Å². The molecule has 4 heteroatoms. The van der Waals surface area contributed by atoms with Gasteiger partial charge in [0.15, 0.2) is 0 Å². The third-order valence-electron chi connectivity index (χ3n) is 0.577. The molecule has 0 heterocycles. The quantitative estimate of drug-likeness (QED) is 0.423. The van der Waals surface area contributed by atoms with E-state index >= 15 is 0 Å². The van der Waals surface area contributed by atoms with E-state index in [1.165, 1.54) is 0 Å². The summed E-state index contributed by atoms with van der Waals surface area (Å²) in [5, 5.41) is 3.13. The first-order valence-electron chi connectivity index (χ1n) is 2.34. The van der Waals surface area contributed by atoms with Crippen molar-refractivity contribution in [2.75, 3.05) is 24.6 Å². The molecule has 0 aliphatic heterocycles. The molecule has 1 N–H and O–H groups in total. The zero-order valence-electron chi connectivity index (χ0n) is 4.63. The molecule has 0 amide bonds. The molecule has 0 fully saturated rings. The predicted molar refractivity (Wildman–Crippen MR) is 47.8 cm³/mol. The van der Waals surface area contributed by atoms with Gasteiger partial charge in [0.1, 0.15) is 0 Å². The first-order chi connectivity index (χ1) is 3.41. The first-order valence-corrected chi connectivity index (χ1v) is 3.60. The molecular weight excluding hydrogens is 162 g/mol. The zero-order valence-corrected chi connectivity index (χ0v) is 7.24. The van der Waals surface area contributed by atoms with Crippen molar-refractivity contribution in [2.24, 2.45) is 0 Å². The molecule has 0 aromatic rings. The Hall–Kier alpha value is 0.950. The van der Waals surface area contributed by atoms with Crippen LogP contribution in [-0.4, -0.2) is 24.6 Å². The standard InChI is InChI=1S/C4H11NS2.ClH/c6-3-1-5-2-4-7;/h5-7H,1-4H2;1H. The summed E-state index contributed by atoms with van der Waals surface area (Å²) in [4.78, 5) is 0. The second-order valence-corrected chi connectivity index (χ2v) is 2.09. The number of halogens is 1. The fourth-order valence-electron chi connectivity index (χ4n) is 0.283. The molecule has 0 radical (unpaired) electrons. The highest BCUT2D eigenvalue weighted by Crippen LogP contribution is 1.70. The normalized spacial score (nSPS) is 8.25. The van der Waals surface area contributed by atoms with Crippen molar-refractivity contribution in [1.82, 2.24) is 5.32 Å². The highest BCUT2D eigenvalue weighted by molar-refractivity contribution is 7.80. The monoisotopic (exact) mass is 173 g/mol. The van der Waals surface area contributed by atoms with Gasteiger partial charge < -0.3 is 5.32 Å². The molecule has 8 heavy (non-hydrogen) atoms. The van der Waals surface area contributed by atoms with E-state index in [9.17, 15) is 0 Å². The molecular formula is C4H12ClNS2. The van der Waals surface area contributed by atoms with Gasteiger partial charge in [-0.05, 0) is 0 Å². The van der Waals surface area contributed by atoms with Gasteiger partial charge in [0.2, 0.25) is 0 Å². The third kappa shape index (κ3) is 10.0. The minimum atomic E-state index is 0. The molecule has 0 saturated carbocycles. The predicted octanol–water partition coefficient (Wildman–Crippen LogP) is 0.857. The SMILES string of the molecule is Cl.SCCNCCS.